The zero-order valence-corrected chi connectivity index (χ0v) is 7.73. The molecule has 1 heterocycles. The first-order chi connectivity index (χ1) is 6.72. The van der Waals surface area contributed by atoms with E-state index >= 15 is 0 Å². The quantitative estimate of drug-likeness (QED) is 0.736. The molecule has 0 bridgehead atoms. The fourth-order valence-electron chi connectivity index (χ4n) is 1.77. The second-order valence-corrected chi connectivity index (χ2v) is 3.33. The Kier molecular flexibility index (Phi) is 2.00. The minimum atomic E-state index is -0.865. The number of carbonyl (C=O) groups is 1. The minimum absolute atomic E-state index is 0.479. The molecule has 2 rings (SSSR count). The predicted molar refractivity (Wildman–Crippen MR) is 53.8 cm³/mol. The molecule has 1 aliphatic rings. The maximum absolute atomic E-state index is 10.8. The van der Waals surface area contributed by atoms with Crippen LogP contribution in [-0.4, -0.2) is 16.1 Å². The molecule has 14 heavy (non-hydrogen) atoms. The Bertz CT molecular complexity index is 398. The molecular formula is C11H11NO2. The summed E-state index contributed by atoms with van der Waals surface area (Å²) in [5.74, 6) is 0. The van der Waals surface area contributed by atoms with Crippen LogP contribution in [0.4, 0.5) is 4.79 Å². The van der Waals surface area contributed by atoms with Gasteiger partial charge in [-0.15, -0.1) is 0 Å². The molecule has 3 nitrogen and oxygen atoms in total. The van der Waals surface area contributed by atoms with Crippen LogP contribution in [0.15, 0.2) is 24.8 Å². The van der Waals surface area contributed by atoms with Crippen molar-refractivity contribution in [3.63, 3.8) is 0 Å². The maximum atomic E-state index is 10.8. The van der Waals surface area contributed by atoms with Gasteiger partial charge in [0.25, 0.3) is 0 Å². The summed E-state index contributed by atoms with van der Waals surface area (Å²) in [5, 5.41) is 8.85. The van der Waals surface area contributed by atoms with Gasteiger partial charge in [-0.3, -0.25) is 4.90 Å². The standard InChI is InChI=1S/C11H11NO2/c1-2-8-4-3-5-9-6-12(11(13)14)7-10(8)9/h2-5H,1,6-7H2,(H,13,14). The largest absolute Gasteiger partial charge is 0.465 e. The highest BCUT2D eigenvalue weighted by Crippen LogP contribution is 2.26. The lowest BCUT2D eigenvalue weighted by molar-refractivity contribution is 0.145. The molecule has 1 N–H and O–H groups in total. The van der Waals surface area contributed by atoms with E-state index in [9.17, 15) is 4.79 Å². The SMILES string of the molecule is C=Cc1cccc2c1CN(C(=O)O)C2. The summed E-state index contributed by atoms with van der Waals surface area (Å²) in [4.78, 5) is 12.2. The molecule has 0 spiro atoms. The van der Waals surface area contributed by atoms with Gasteiger partial charge in [0, 0.05) is 6.54 Å². The summed E-state index contributed by atoms with van der Waals surface area (Å²) < 4.78 is 0. The van der Waals surface area contributed by atoms with Gasteiger partial charge in [0.2, 0.25) is 0 Å². The lowest BCUT2D eigenvalue weighted by Crippen LogP contribution is -2.22. The van der Waals surface area contributed by atoms with Crippen LogP contribution in [0.5, 0.6) is 0 Å². The average molecular weight is 189 g/mol. The lowest BCUT2D eigenvalue weighted by Gasteiger charge is -2.09. The molecule has 3 heteroatoms. The first-order valence-corrected chi connectivity index (χ1v) is 4.43. The van der Waals surface area contributed by atoms with Crippen LogP contribution >= 0.6 is 0 Å². The van der Waals surface area contributed by atoms with E-state index in [2.05, 4.69) is 6.58 Å². The summed E-state index contributed by atoms with van der Waals surface area (Å²) in [6.07, 6.45) is 0.903. The average Bonchev–Trinajstić information content (AvgIpc) is 2.60. The van der Waals surface area contributed by atoms with Crippen molar-refractivity contribution in [2.24, 2.45) is 0 Å². The molecule has 0 radical (unpaired) electrons. The maximum Gasteiger partial charge on any atom is 0.407 e. The molecule has 0 saturated heterocycles. The third kappa shape index (κ3) is 1.27. The number of hydrogen-bond acceptors (Lipinski definition) is 1. The van der Waals surface area contributed by atoms with Gasteiger partial charge in [0.05, 0.1) is 6.54 Å². The molecule has 0 atom stereocenters. The van der Waals surface area contributed by atoms with Crippen LogP contribution < -0.4 is 0 Å². The molecule has 1 aliphatic heterocycles. The van der Waals surface area contributed by atoms with Gasteiger partial charge in [0.1, 0.15) is 0 Å². The van der Waals surface area contributed by atoms with Crippen molar-refractivity contribution < 1.29 is 9.90 Å². The summed E-state index contributed by atoms with van der Waals surface area (Å²) in [6.45, 7) is 4.68. The number of amides is 1. The molecule has 0 aliphatic carbocycles. The number of hydrogen-bond donors (Lipinski definition) is 1. The summed E-state index contributed by atoms with van der Waals surface area (Å²) in [7, 11) is 0. The minimum Gasteiger partial charge on any atom is -0.465 e. The van der Waals surface area contributed by atoms with Crippen LogP contribution in [0.1, 0.15) is 16.7 Å². The molecule has 0 saturated carbocycles. The van der Waals surface area contributed by atoms with E-state index in [-0.39, 0.29) is 0 Å². The highest BCUT2D eigenvalue weighted by atomic mass is 16.4. The smallest absolute Gasteiger partial charge is 0.407 e. The zero-order valence-electron chi connectivity index (χ0n) is 7.73. The van der Waals surface area contributed by atoms with Gasteiger partial charge in [-0.05, 0) is 16.7 Å². The van der Waals surface area contributed by atoms with Crippen molar-refractivity contribution in [1.29, 1.82) is 0 Å². The van der Waals surface area contributed by atoms with E-state index in [0.717, 1.165) is 16.7 Å². The first-order valence-electron chi connectivity index (χ1n) is 4.43. The van der Waals surface area contributed by atoms with Crippen molar-refractivity contribution in [1.82, 2.24) is 4.90 Å². The molecule has 0 unspecified atom stereocenters. The van der Waals surface area contributed by atoms with Crippen LogP contribution in [0, 0.1) is 0 Å². The topological polar surface area (TPSA) is 40.5 Å². The number of fused-ring (bicyclic) bond motifs is 1. The second-order valence-electron chi connectivity index (χ2n) is 3.33. The van der Waals surface area contributed by atoms with Crippen LogP contribution in [0.2, 0.25) is 0 Å². The van der Waals surface area contributed by atoms with Gasteiger partial charge in [-0.2, -0.15) is 0 Å². The fourth-order valence-corrected chi connectivity index (χ4v) is 1.77. The zero-order chi connectivity index (χ0) is 10.1. The van der Waals surface area contributed by atoms with Gasteiger partial charge < -0.3 is 5.11 Å². The van der Waals surface area contributed by atoms with Crippen molar-refractivity contribution in [2.75, 3.05) is 0 Å². The summed E-state index contributed by atoms with van der Waals surface area (Å²) in [5.41, 5.74) is 3.21. The van der Waals surface area contributed by atoms with E-state index < -0.39 is 6.09 Å². The Morgan fingerprint density at radius 1 is 1.50 bits per heavy atom. The summed E-state index contributed by atoms with van der Waals surface area (Å²) >= 11 is 0. The van der Waals surface area contributed by atoms with Crippen LogP contribution in [0.25, 0.3) is 6.08 Å². The Labute approximate surface area is 82.3 Å². The first kappa shape index (κ1) is 8.81. The van der Waals surface area contributed by atoms with E-state index in [0.29, 0.717) is 13.1 Å². The molecule has 0 aromatic heterocycles. The summed E-state index contributed by atoms with van der Waals surface area (Å²) in [6, 6.07) is 5.85. The van der Waals surface area contributed by atoms with E-state index in [1.807, 2.05) is 18.2 Å². The molecule has 1 aromatic carbocycles. The van der Waals surface area contributed by atoms with Crippen molar-refractivity contribution >= 4 is 12.2 Å². The Balaban J connectivity index is 2.39. The van der Waals surface area contributed by atoms with Crippen molar-refractivity contribution in [3.05, 3.63) is 41.5 Å². The Morgan fingerprint density at radius 2 is 2.29 bits per heavy atom. The Hall–Kier alpha value is -1.77. The molecular weight excluding hydrogens is 178 g/mol. The highest BCUT2D eigenvalue weighted by molar-refractivity contribution is 5.67. The van der Waals surface area contributed by atoms with Gasteiger partial charge in [-0.25, -0.2) is 4.79 Å². The lowest BCUT2D eigenvalue weighted by atomic mass is 10.0. The highest BCUT2D eigenvalue weighted by Gasteiger charge is 2.23. The third-order valence-electron chi connectivity index (χ3n) is 2.51. The molecule has 1 amide bonds. The fraction of sp³-hybridized carbons (Fsp3) is 0.182. The number of nitrogens with zero attached hydrogens (tertiary/aromatic N) is 1. The molecule has 72 valence electrons. The predicted octanol–water partition coefficient (Wildman–Crippen LogP) is 2.32. The van der Waals surface area contributed by atoms with Crippen molar-refractivity contribution in [3.8, 4) is 0 Å². The second kappa shape index (κ2) is 3.18. The number of rotatable bonds is 1. The number of carboxylic acid groups (broad SMARTS) is 1. The van der Waals surface area contributed by atoms with E-state index in [1.165, 1.54) is 4.90 Å². The van der Waals surface area contributed by atoms with Crippen LogP contribution in [0.3, 0.4) is 0 Å². The van der Waals surface area contributed by atoms with E-state index in [1.54, 1.807) is 6.08 Å². The number of benzene rings is 1. The third-order valence-corrected chi connectivity index (χ3v) is 2.51. The van der Waals surface area contributed by atoms with Gasteiger partial charge in [-0.1, -0.05) is 30.9 Å². The normalized spacial score (nSPS) is 13.9. The Morgan fingerprint density at radius 3 is 2.93 bits per heavy atom. The molecule has 1 aromatic rings. The van der Waals surface area contributed by atoms with Crippen molar-refractivity contribution in [2.45, 2.75) is 13.1 Å². The van der Waals surface area contributed by atoms with Gasteiger partial charge in [0.15, 0.2) is 0 Å². The molecule has 0 fully saturated rings. The monoisotopic (exact) mass is 189 g/mol. The van der Waals surface area contributed by atoms with E-state index in [4.69, 9.17) is 5.11 Å². The van der Waals surface area contributed by atoms with Crippen LogP contribution in [-0.2, 0) is 13.1 Å². The van der Waals surface area contributed by atoms with Gasteiger partial charge >= 0.3 is 6.09 Å².